The standard InChI is InChI=1S/C12H14N2O4/c15-12(16)14-5-6-18-8-11(14)10-3-1-9(2-4-10)7-13-17/h1-4,11H,5-8H2,(H,15,16)/t11-/m0/s1. The van der Waals surface area contributed by atoms with E-state index in [1.165, 1.54) is 4.90 Å². The minimum absolute atomic E-state index is 0.129. The van der Waals surface area contributed by atoms with Crippen molar-refractivity contribution in [3.8, 4) is 0 Å². The van der Waals surface area contributed by atoms with Crippen molar-refractivity contribution in [2.75, 3.05) is 19.8 Å². The number of benzene rings is 1. The van der Waals surface area contributed by atoms with Gasteiger partial charge >= 0.3 is 6.09 Å². The van der Waals surface area contributed by atoms with Crippen molar-refractivity contribution in [3.05, 3.63) is 40.3 Å². The van der Waals surface area contributed by atoms with Crippen LogP contribution in [0.25, 0.3) is 0 Å². The monoisotopic (exact) mass is 250 g/mol. The molecule has 1 aliphatic rings. The number of hydrogen-bond donors (Lipinski definition) is 1. The molecule has 1 amide bonds. The average Bonchev–Trinajstić information content (AvgIpc) is 2.40. The summed E-state index contributed by atoms with van der Waals surface area (Å²) in [5.74, 6) is 0. The van der Waals surface area contributed by atoms with E-state index in [0.717, 1.165) is 11.1 Å². The second-order valence-corrected chi connectivity index (χ2v) is 4.10. The van der Waals surface area contributed by atoms with Crippen LogP contribution in [0, 0.1) is 4.91 Å². The van der Waals surface area contributed by atoms with Crippen molar-refractivity contribution in [2.45, 2.75) is 12.6 Å². The van der Waals surface area contributed by atoms with Crippen LogP contribution in [0.15, 0.2) is 29.4 Å². The van der Waals surface area contributed by atoms with Gasteiger partial charge in [-0.1, -0.05) is 29.4 Å². The molecule has 0 saturated carbocycles. The summed E-state index contributed by atoms with van der Waals surface area (Å²) in [6.45, 7) is 1.29. The number of ether oxygens (including phenoxy) is 1. The van der Waals surface area contributed by atoms with E-state index in [1.54, 1.807) is 12.1 Å². The van der Waals surface area contributed by atoms with Gasteiger partial charge in [0.2, 0.25) is 0 Å². The lowest BCUT2D eigenvalue weighted by Crippen LogP contribution is -2.42. The number of morpholine rings is 1. The highest BCUT2D eigenvalue weighted by Crippen LogP contribution is 2.24. The maximum Gasteiger partial charge on any atom is 0.407 e. The van der Waals surface area contributed by atoms with Crippen LogP contribution >= 0.6 is 0 Å². The van der Waals surface area contributed by atoms with Crippen molar-refractivity contribution >= 4 is 6.09 Å². The molecule has 0 aromatic heterocycles. The zero-order valence-electron chi connectivity index (χ0n) is 9.78. The third-order valence-electron chi connectivity index (χ3n) is 2.99. The molecule has 1 fully saturated rings. The first-order valence-electron chi connectivity index (χ1n) is 5.67. The summed E-state index contributed by atoms with van der Waals surface area (Å²) < 4.78 is 5.32. The van der Waals surface area contributed by atoms with Gasteiger partial charge in [-0.3, -0.25) is 4.90 Å². The molecule has 6 nitrogen and oxygen atoms in total. The lowest BCUT2D eigenvalue weighted by Gasteiger charge is -2.33. The van der Waals surface area contributed by atoms with Crippen molar-refractivity contribution in [3.63, 3.8) is 0 Å². The summed E-state index contributed by atoms with van der Waals surface area (Å²) in [7, 11) is 0. The van der Waals surface area contributed by atoms with Crippen LogP contribution in [0.4, 0.5) is 4.79 Å². The highest BCUT2D eigenvalue weighted by Gasteiger charge is 2.28. The Labute approximate surface area is 104 Å². The molecule has 18 heavy (non-hydrogen) atoms. The molecule has 1 aromatic carbocycles. The zero-order chi connectivity index (χ0) is 13.0. The predicted octanol–water partition coefficient (Wildman–Crippen LogP) is 2.00. The Morgan fingerprint density at radius 3 is 2.78 bits per heavy atom. The zero-order valence-corrected chi connectivity index (χ0v) is 9.78. The van der Waals surface area contributed by atoms with Gasteiger partial charge in [-0.15, -0.1) is 0 Å². The number of amides is 1. The first kappa shape index (κ1) is 12.5. The fraction of sp³-hybridized carbons (Fsp3) is 0.417. The van der Waals surface area contributed by atoms with E-state index in [2.05, 4.69) is 5.18 Å². The molecule has 1 saturated heterocycles. The van der Waals surface area contributed by atoms with Crippen LogP contribution in [0.3, 0.4) is 0 Å². The van der Waals surface area contributed by atoms with Crippen LogP contribution in [0.1, 0.15) is 17.2 Å². The third-order valence-corrected chi connectivity index (χ3v) is 2.99. The molecule has 6 heteroatoms. The molecule has 2 rings (SSSR count). The molecule has 0 unspecified atom stereocenters. The van der Waals surface area contributed by atoms with Crippen molar-refractivity contribution < 1.29 is 14.6 Å². The average molecular weight is 250 g/mol. The Kier molecular flexibility index (Phi) is 3.88. The van der Waals surface area contributed by atoms with E-state index < -0.39 is 6.09 Å². The molecule has 1 atom stereocenters. The summed E-state index contributed by atoms with van der Waals surface area (Å²) in [6, 6.07) is 6.91. The molecule has 0 spiro atoms. The van der Waals surface area contributed by atoms with Crippen LogP contribution in [0.5, 0.6) is 0 Å². The molecule has 0 bridgehead atoms. The van der Waals surface area contributed by atoms with E-state index >= 15 is 0 Å². The number of rotatable bonds is 3. The van der Waals surface area contributed by atoms with Gasteiger partial charge in [0.15, 0.2) is 0 Å². The topological polar surface area (TPSA) is 79.2 Å². The van der Waals surface area contributed by atoms with E-state index in [9.17, 15) is 9.70 Å². The number of carboxylic acid groups (broad SMARTS) is 1. The van der Waals surface area contributed by atoms with Gasteiger partial charge in [0.25, 0.3) is 0 Å². The Balaban J connectivity index is 2.17. The van der Waals surface area contributed by atoms with E-state index in [-0.39, 0.29) is 12.6 Å². The lowest BCUT2D eigenvalue weighted by molar-refractivity contribution is -0.000898. The van der Waals surface area contributed by atoms with Gasteiger partial charge in [0, 0.05) is 6.54 Å². The van der Waals surface area contributed by atoms with E-state index in [1.807, 2.05) is 12.1 Å². The van der Waals surface area contributed by atoms with Gasteiger partial charge in [0.1, 0.15) is 6.54 Å². The SMILES string of the molecule is O=NCc1ccc([C@@H]2COCCN2C(=O)O)cc1. The van der Waals surface area contributed by atoms with E-state index in [4.69, 9.17) is 9.84 Å². The first-order chi connectivity index (χ1) is 8.72. The first-order valence-corrected chi connectivity index (χ1v) is 5.67. The number of nitrogens with zero attached hydrogens (tertiary/aromatic N) is 2. The fourth-order valence-electron chi connectivity index (χ4n) is 2.03. The maximum absolute atomic E-state index is 11.1. The van der Waals surface area contributed by atoms with Crippen LogP contribution in [-0.4, -0.2) is 35.9 Å². The summed E-state index contributed by atoms with van der Waals surface area (Å²) in [5.41, 5.74) is 1.68. The summed E-state index contributed by atoms with van der Waals surface area (Å²) in [5, 5.41) is 11.9. The van der Waals surface area contributed by atoms with Crippen molar-refractivity contribution in [1.29, 1.82) is 0 Å². The number of hydrogen-bond acceptors (Lipinski definition) is 4. The maximum atomic E-state index is 11.1. The summed E-state index contributed by atoms with van der Waals surface area (Å²) >= 11 is 0. The van der Waals surface area contributed by atoms with Crippen LogP contribution < -0.4 is 0 Å². The summed E-state index contributed by atoms with van der Waals surface area (Å²) in [6.07, 6.45) is -0.943. The van der Waals surface area contributed by atoms with Gasteiger partial charge in [-0.25, -0.2) is 4.79 Å². The fourth-order valence-corrected chi connectivity index (χ4v) is 2.03. The highest BCUT2D eigenvalue weighted by molar-refractivity contribution is 5.66. The Morgan fingerprint density at radius 2 is 2.17 bits per heavy atom. The van der Waals surface area contributed by atoms with Crippen LogP contribution in [-0.2, 0) is 11.3 Å². The van der Waals surface area contributed by atoms with Crippen molar-refractivity contribution in [2.24, 2.45) is 5.18 Å². The number of carbonyl (C=O) groups is 1. The highest BCUT2D eigenvalue weighted by atomic mass is 16.5. The Bertz CT molecular complexity index is 432. The van der Waals surface area contributed by atoms with Gasteiger partial charge < -0.3 is 9.84 Å². The predicted molar refractivity (Wildman–Crippen MR) is 64.2 cm³/mol. The second-order valence-electron chi connectivity index (χ2n) is 4.10. The molecular formula is C12H14N2O4. The number of nitroso groups, excluding NO2 is 1. The van der Waals surface area contributed by atoms with Gasteiger partial charge in [-0.2, -0.15) is 4.91 Å². The molecule has 1 N–H and O–H groups in total. The smallest absolute Gasteiger partial charge is 0.407 e. The third kappa shape index (κ3) is 2.65. The molecule has 0 aliphatic carbocycles. The Hall–Kier alpha value is -1.95. The minimum atomic E-state index is -0.943. The van der Waals surface area contributed by atoms with Gasteiger partial charge in [0.05, 0.1) is 19.3 Å². The normalized spacial score (nSPS) is 19.6. The largest absolute Gasteiger partial charge is 0.465 e. The molecule has 0 radical (unpaired) electrons. The van der Waals surface area contributed by atoms with E-state index in [0.29, 0.717) is 19.8 Å². The molecule has 1 heterocycles. The Morgan fingerprint density at radius 1 is 1.44 bits per heavy atom. The molecule has 1 aromatic rings. The molecule has 96 valence electrons. The molecular weight excluding hydrogens is 236 g/mol. The van der Waals surface area contributed by atoms with Crippen molar-refractivity contribution in [1.82, 2.24) is 4.90 Å². The van der Waals surface area contributed by atoms with Crippen LogP contribution in [0.2, 0.25) is 0 Å². The molecule has 1 aliphatic heterocycles. The second kappa shape index (κ2) is 5.59. The van der Waals surface area contributed by atoms with Gasteiger partial charge in [-0.05, 0) is 11.1 Å². The quantitative estimate of drug-likeness (QED) is 0.832. The minimum Gasteiger partial charge on any atom is -0.465 e. The lowest BCUT2D eigenvalue weighted by atomic mass is 10.0. The summed E-state index contributed by atoms with van der Waals surface area (Å²) in [4.78, 5) is 22.6.